The summed E-state index contributed by atoms with van der Waals surface area (Å²) in [4.78, 5) is 42.0. The van der Waals surface area contributed by atoms with E-state index >= 15 is 0 Å². The lowest BCUT2D eigenvalue weighted by Gasteiger charge is -2.30. The number of thiophene rings is 1. The second kappa shape index (κ2) is 12.3. The Morgan fingerprint density at radius 1 is 1.27 bits per heavy atom. The van der Waals surface area contributed by atoms with Crippen LogP contribution in [-0.2, 0) is 14.3 Å². The average Bonchev–Trinajstić information content (AvgIpc) is 3.60. The highest BCUT2D eigenvalue weighted by Gasteiger charge is 2.32. The molecule has 2 fully saturated rings. The molecule has 37 heavy (non-hydrogen) atoms. The number of carbonyl (C=O) groups is 3. The molecule has 1 atom stereocenters. The molecule has 1 aliphatic carbocycles. The van der Waals surface area contributed by atoms with Crippen LogP contribution in [0.1, 0.15) is 41.4 Å². The van der Waals surface area contributed by atoms with Gasteiger partial charge in [0.25, 0.3) is 18.2 Å². The number of amides is 3. The first-order valence-electron chi connectivity index (χ1n) is 12.2. The van der Waals surface area contributed by atoms with Crippen molar-refractivity contribution in [2.45, 2.75) is 32.2 Å². The Balaban J connectivity index is 1.52. The fourth-order valence-corrected chi connectivity index (χ4v) is 5.19. The summed E-state index contributed by atoms with van der Waals surface area (Å²) in [6.07, 6.45) is -0.730. The van der Waals surface area contributed by atoms with Crippen LogP contribution in [-0.4, -0.2) is 68.1 Å². The summed E-state index contributed by atoms with van der Waals surface area (Å²) in [6.45, 7) is 3.61. The molecule has 2 aliphatic rings. The van der Waals surface area contributed by atoms with Gasteiger partial charge in [0.1, 0.15) is 12.6 Å². The monoisotopic (exact) mass is 554 g/mol. The quantitative estimate of drug-likeness (QED) is 0.435. The molecule has 1 aromatic heterocycles. The number of benzene rings is 1. The number of likely N-dealkylation sites (N-methyl/N-ethyl adjacent to an activating group) is 1. The molecular weight excluding hydrogens is 526 g/mol. The lowest BCUT2D eigenvalue weighted by molar-refractivity contribution is -0.125. The van der Waals surface area contributed by atoms with Gasteiger partial charge < -0.3 is 20.3 Å². The Labute approximate surface area is 222 Å². The van der Waals surface area contributed by atoms with E-state index in [9.17, 15) is 23.2 Å². The zero-order chi connectivity index (χ0) is 26.5. The van der Waals surface area contributed by atoms with Crippen LogP contribution in [0.4, 0.5) is 20.2 Å². The molecule has 0 radical (unpaired) electrons. The van der Waals surface area contributed by atoms with Gasteiger partial charge in [-0.05, 0) is 55.6 Å². The van der Waals surface area contributed by atoms with E-state index in [1.165, 1.54) is 23.1 Å². The van der Waals surface area contributed by atoms with Gasteiger partial charge in [0.05, 0.1) is 15.8 Å². The second-order valence-electron chi connectivity index (χ2n) is 9.02. The van der Waals surface area contributed by atoms with E-state index in [2.05, 4.69) is 10.6 Å². The first-order chi connectivity index (χ1) is 17.8. The van der Waals surface area contributed by atoms with Crippen LogP contribution in [0.2, 0.25) is 4.34 Å². The Bertz CT molecular complexity index is 1140. The molecule has 2 N–H and O–H groups in total. The zero-order valence-electron chi connectivity index (χ0n) is 20.3. The standard InChI is InChI=1S/C25H29ClF2N4O4S/c1-2-31(13-15-3-4-15)19(12-29-25(35)20-7-8-21(26)37-20)24(34)30-18-6-5-16(11-17(18)23(27)28)32-9-10-36-14-22(32)33/h5-8,11,15,19,23H,2-4,9-10,12-14H2,1H3,(H,29,35)(H,30,34)/t19-/m1/s1. The van der Waals surface area contributed by atoms with E-state index in [0.29, 0.717) is 40.5 Å². The summed E-state index contributed by atoms with van der Waals surface area (Å²) < 4.78 is 33.6. The smallest absolute Gasteiger partial charge is 0.265 e. The molecule has 12 heteroatoms. The highest BCUT2D eigenvalue weighted by Crippen LogP contribution is 2.33. The van der Waals surface area contributed by atoms with Crippen molar-refractivity contribution in [1.29, 1.82) is 0 Å². The lowest BCUT2D eigenvalue weighted by atomic mass is 10.1. The maximum absolute atomic E-state index is 14.0. The maximum atomic E-state index is 14.0. The molecule has 4 rings (SSSR count). The Morgan fingerprint density at radius 2 is 2.05 bits per heavy atom. The van der Waals surface area contributed by atoms with E-state index in [1.54, 1.807) is 12.1 Å². The number of nitrogens with one attached hydrogen (secondary N) is 2. The Kier molecular flexibility index (Phi) is 9.12. The molecule has 0 unspecified atom stereocenters. The van der Waals surface area contributed by atoms with E-state index in [0.717, 1.165) is 24.2 Å². The van der Waals surface area contributed by atoms with Gasteiger partial charge in [-0.15, -0.1) is 11.3 Å². The number of rotatable bonds is 11. The van der Waals surface area contributed by atoms with E-state index in [1.807, 2.05) is 11.8 Å². The van der Waals surface area contributed by atoms with Gasteiger partial charge >= 0.3 is 0 Å². The van der Waals surface area contributed by atoms with Gasteiger partial charge in [-0.3, -0.25) is 19.3 Å². The predicted molar refractivity (Wildman–Crippen MR) is 139 cm³/mol. The van der Waals surface area contributed by atoms with Crippen molar-refractivity contribution in [1.82, 2.24) is 10.2 Å². The minimum absolute atomic E-state index is 0.00508. The van der Waals surface area contributed by atoms with Crippen molar-refractivity contribution >= 4 is 52.0 Å². The topological polar surface area (TPSA) is 91.0 Å². The molecule has 2 aromatic rings. The minimum Gasteiger partial charge on any atom is -0.370 e. The third-order valence-corrected chi connectivity index (χ3v) is 7.65. The van der Waals surface area contributed by atoms with Crippen LogP contribution in [0.25, 0.3) is 0 Å². The van der Waals surface area contributed by atoms with Crippen molar-refractivity contribution < 1.29 is 27.9 Å². The number of alkyl halides is 2. The van der Waals surface area contributed by atoms with Crippen LogP contribution in [0, 0.1) is 5.92 Å². The summed E-state index contributed by atoms with van der Waals surface area (Å²) in [5.41, 5.74) is -0.0939. The molecule has 2 heterocycles. The van der Waals surface area contributed by atoms with Gasteiger partial charge in [0.15, 0.2) is 0 Å². The summed E-state index contributed by atoms with van der Waals surface area (Å²) in [7, 11) is 0. The SMILES string of the molecule is CCN(CC1CC1)[C@H](CNC(=O)c1ccc(Cl)s1)C(=O)Nc1ccc(N2CCOCC2=O)cc1C(F)F. The van der Waals surface area contributed by atoms with Gasteiger partial charge in [-0.25, -0.2) is 8.78 Å². The number of hydrogen-bond acceptors (Lipinski definition) is 6. The van der Waals surface area contributed by atoms with Gasteiger partial charge in [0, 0.05) is 36.6 Å². The molecule has 0 spiro atoms. The predicted octanol–water partition coefficient (Wildman–Crippen LogP) is 4.17. The number of ether oxygens (including phenoxy) is 1. The molecule has 3 amide bonds. The third kappa shape index (κ3) is 7.04. The summed E-state index contributed by atoms with van der Waals surface area (Å²) in [6, 6.07) is 6.60. The molecular formula is C25H29ClF2N4O4S. The van der Waals surface area contributed by atoms with Crippen LogP contribution < -0.4 is 15.5 Å². The van der Waals surface area contributed by atoms with Crippen LogP contribution >= 0.6 is 22.9 Å². The van der Waals surface area contributed by atoms with Crippen molar-refractivity contribution in [3.63, 3.8) is 0 Å². The van der Waals surface area contributed by atoms with Gasteiger partial charge in [-0.2, -0.15) is 0 Å². The van der Waals surface area contributed by atoms with Crippen molar-refractivity contribution in [2.24, 2.45) is 5.92 Å². The normalized spacial score (nSPS) is 16.8. The molecule has 1 saturated carbocycles. The number of carbonyl (C=O) groups excluding carboxylic acids is 3. The highest BCUT2D eigenvalue weighted by atomic mass is 35.5. The first kappa shape index (κ1) is 27.4. The molecule has 1 aromatic carbocycles. The molecule has 0 bridgehead atoms. The first-order valence-corrected chi connectivity index (χ1v) is 13.3. The Morgan fingerprint density at radius 3 is 2.68 bits per heavy atom. The molecule has 1 saturated heterocycles. The van der Waals surface area contributed by atoms with Crippen LogP contribution in [0.15, 0.2) is 30.3 Å². The van der Waals surface area contributed by atoms with Crippen LogP contribution in [0.3, 0.4) is 0 Å². The highest BCUT2D eigenvalue weighted by molar-refractivity contribution is 7.18. The largest absolute Gasteiger partial charge is 0.370 e. The van der Waals surface area contributed by atoms with Gasteiger partial charge in [0.2, 0.25) is 5.91 Å². The average molecular weight is 555 g/mol. The number of anilines is 2. The number of halogens is 3. The van der Waals surface area contributed by atoms with Crippen molar-refractivity contribution in [3.05, 3.63) is 45.1 Å². The second-order valence-corrected chi connectivity index (χ2v) is 10.7. The van der Waals surface area contributed by atoms with Crippen LogP contribution in [0.5, 0.6) is 0 Å². The summed E-state index contributed by atoms with van der Waals surface area (Å²) in [5, 5.41) is 5.44. The summed E-state index contributed by atoms with van der Waals surface area (Å²) >= 11 is 7.06. The number of nitrogens with zero attached hydrogens (tertiary/aromatic N) is 2. The van der Waals surface area contributed by atoms with E-state index in [-0.39, 0.29) is 42.8 Å². The van der Waals surface area contributed by atoms with E-state index < -0.39 is 18.4 Å². The molecule has 1 aliphatic heterocycles. The maximum Gasteiger partial charge on any atom is 0.265 e. The molecule has 8 nitrogen and oxygen atoms in total. The molecule has 200 valence electrons. The fourth-order valence-electron chi connectivity index (χ4n) is 4.23. The third-order valence-electron chi connectivity index (χ3n) is 6.42. The number of hydrogen-bond donors (Lipinski definition) is 2. The minimum atomic E-state index is -2.87. The van der Waals surface area contributed by atoms with Gasteiger partial charge in [-0.1, -0.05) is 18.5 Å². The zero-order valence-corrected chi connectivity index (χ0v) is 21.9. The fraction of sp³-hybridized carbons (Fsp3) is 0.480. The van der Waals surface area contributed by atoms with E-state index in [4.69, 9.17) is 16.3 Å². The summed E-state index contributed by atoms with van der Waals surface area (Å²) in [5.74, 6) is -0.692. The van der Waals surface area contributed by atoms with Crippen molar-refractivity contribution in [2.75, 3.05) is 49.6 Å². The Hall–Kier alpha value is -2.60. The number of morpholine rings is 1. The lowest BCUT2D eigenvalue weighted by Crippen LogP contribution is -2.51. The van der Waals surface area contributed by atoms with Crippen molar-refractivity contribution in [3.8, 4) is 0 Å².